The number of phenols is 1. The molecule has 0 radical (unpaired) electrons. The lowest BCUT2D eigenvalue weighted by Crippen LogP contribution is -2.62. The number of likely N-dealkylation sites (N-methyl/N-ethyl adjacent to an activating group) is 2. The second-order valence-corrected chi connectivity index (χ2v) is 20.1. The zero-order chi connectivity index (χ0) is 50.0. The molecule has 6 bridgehead atoms. The van der Waals surface area contributed by atoms with Crippen molar-refractivity contribution in [2.75, 3.05) is 40.9 Å². The van der Waals surface area contributed by atoms with E-state index in [-0.39, 0.29) is 43.8 Å². The number of nitrogens with zero attached hydrogens (tertiary/aromatic N) is 5. The molecular weight excluding hydrogens is 889 g/mol. The lowest BCUT2D eigenvalue weighted by atomic mass is 9.84. The number of nitrogens with one attached hydrogen (secondary N) is 3. The highest BCUT2D eigenvalue weighted by atomic mass is 16.5. The molecule has 0 spiro atoms. The third-order valence-corrected chi connectivity index (χ3v) is 13.8. The fourth-order valence-corrected chi connectivity index (χ4v) is 10.2. The molecule has 3 aliphatic rings. The third-order valence-electron chi connectivity index (χ3n) is 13.8. The van der Waals surface area contributed by atoms with Gasteiger partial charge in [0.05, 0.1) is 31.5 Å². The highest BCUT2D eigenvalue weighted by molar-refractivity contribution is 5.96. The number of phenolic OH excluding ortho intramolecular Hbond substituents is 1. The number of pyridine rings is 1. The molecule has 70 heavy (non-hydrogen) atoms. The van der Waals surface area contributed by atoms with Gasteiger partial charge in [-0.25, -0.2) is 5.43 Å². The number of esters is 1. The van der Waals surface area contributed by atoms with E-state index in [0.29, 0.717) is 43.5 Å². The lowest BCUT2D eigenvalue weighted by Gasteiger charge is -2.37. The van der Waals surface area contributed by atoms with Gasteiger partial charge in [-0.05, 0) is 95.8 Å². The van der Waals surface area contributed by atoms with Crippen LogP contribution in [0.2, 0.25) is 0 Å². The topological polar surface area (TPSA) is 198 Å². The molecule has 4 N–H and O–H groups in total. The first-order chi connectivity index (χ1) is 33.5. The van der Waals surface area contributed by atoms with Crippen molar-refractivity contribution in [3.05, 3.63) is 107 Å². The Morgan fingerprint density at radius 2 is 1.80 bits per heavy atom. The number of aromatic hydroxyl groups is 1. The van der Waals surface area contributed by atoms with Crippen LogP contribution in [0.3, 0.4) is 0 Å². The minimum Gasteiger partial charge on any atom is -0.508 e. The summed E-state index contributed by atoms with van der Waals surface area (Å²) in [6, 6.07) is 19.3. The van der Waals surface area contributed by atoms with Gasteiger partial charge in [0.2, 0.25) is 17.7 Å². The molecule has 370 valence electrons. The van der Waals surface area contributed by atoms with Crippen LogP contribution in [0.15, 0.2) is 85.2 Å². The Labute approximate surface area is 409 Å². The predicted octanol–water partition coefficient (Wildman–Crippen LogP) is 5.55. The molecule has 2 saturated heterocycles. The van der Waals surface area contributed by atoms with E-state index in [1.54, 1.807) is 32.5 Å². The van der Waals surface area contributed by atoms with E-state index in [2.05, 4.69) is 58.5 Å². The number of benzene rings is 3. The molecule has 5 heterocycles. The Bertz CT molecular complexity index is 2770. The van der Waals surface area contributed by atoms with Gasteiger partial charge >= 0.3 is 5.97 Å². The number of aromatic nitrogens is 2. The quantitative estimate of drug-likeness (QED) is 0.0905. The lowest BCUT2D eigenvalue weighted by molar-refractivity contribution is -0.155. The van der Waals surface area contributed by atoms with E-state index in [0.717, 1.165) is 44.4 Å². The maximum atomic E-state index is 14.8. The van der Waals surface area contributed by atoms with Crippen molar-refractivity contribution >= 4 is 40.5 Å². The van der Waals surface area contributed by atoms with Crippen LogP contribution in [0.5, 0.6) is 5.75 Å². The van der Waals surface area contributed by atoms with E-state index in [9.17, 15) is 29.1 Å². The van der Waals surface area contributed by atoms with Crippen LogP contribution >= 0.6 is 0 Å². The zero-order valence-electron chi connectivity index (χ0n) is 41.5. The number of ether oxygens (including phenoxy) is 2. The molecule has 2 aromatic heterocycles. The molecule has 16 nitrogen and oxygen atoms in total. The van der Waals surface area contributed by atoms with Crippen molar-refractivity contribution in [1.82, 2.24) is 40.4 Å². The monoisotopic (exact) mass is 955 g/mol. The summed E-state index contributed by atoms with van der Waals surface area (Å²) in [5.74, 6) is -2.66. The first-order valence-corrected chi connectivity index (χ1v) is 24.2. The normalized spacial score (nSPS) is 20.6. The Kier molecular flexibility index (Phi) is 14.8. The van der Waals surface area contributed by atoms with E-state index in [4.69, 9.17) is 9.47 Å². The van der Waals surface area contributed by atoms with Gasteiger partial charge in [0.1, 0.15) is 29.9 Å². The highest BCUT2D eigenvalue weighted by Gasteiger charge is 2.45. The molecule has 5 atom stereocenters. The summed E-state index contributed by atoms with van der Waals surface area (Å²) < 4.78 is 14.0. The van der Waals surface area contributed by atoms with Gasteiger partial charge in [-0.3, -0.25) is 39.3 Å². The molecule has 0 aliphatic carbocycles. The first-order valence-electron chi connectivity index (χ1n) is 24.2. The number of hydrazine groups is 1. The SMILES string of the molecule is CCn1c(-c2cnccc2COC)c2c3cc(ccc31)-c1cc(O)cc(c1)C[C@H](NC(=O)C(C(C)C)N(C)C(=O)CN(C)C(=O)[C@H]1N[C@@H]1c1ccccc1)C(=O)N1CCC[C@H](N1)C(=O)OCC(C)(C)C2. The smallest absolute Gasteiger partial charge is 0.324 e. The average Bonchev–Trinajstić information content (AvgIpc) is 4.09. The highest BCUT2D eigenvalue weighted by Crippen LogP contribution is 2.41. The van der Waals surface area contributed by atoms with Gasteiger partial charge in [-0.15, -0.1) is 0 Å². The first kappa shape index (κ1) is 49.8. The van der Waals surface area contributed by atoms with E-state index < -0.39 is 59.2 Å². The predicted molar refractivity (Wildman–Crippen MR) is 266 cm³/mol. The Morgan fingerprint density at radius 3 is 2.53 bits per heavy atom. The van der Waals surface area contributed by atoms with Crippen molar-refractivity contribution < 1.29 is 38.6 Å². The average molecular weight is 955 g/mol. The molecule has 3 aliphatic heterocycles. The van der Waals surface area contributed by atoms with Crippen LogP contribution in [0.4, 0.5) is 0 Å². The molecule has 1 unspecified atom stereocenters. The number of aryl methyl sites for hydroxylation is 1. The minimum absolute atomic E-state index is 0.0216. The zero-order valence-corrected chi connectivity index (χ0v) is 41.5. The summed E-state index contributed by atoms with van der Waals surface area (Å²) in [6.45, 7) is 11.0. The van der Waals surface area contributed by atoms with Gasteiger partial charge in [0, 0.05) is 75.0 Å². The Hall–Kier alpha value is -6.62. The van der Waals surface area contributed by atoms with Crippen LogP contribution in [-0.2, 0) is 59.4 Å². The van der Waals surface area contributed by atoms with Gasteiger partial charge in [-0.1, -0.05) is 70.2 Å². The fourth-order valence-electron chi connectivity index (χ4n) is 10.2. The second-order valence-electron chi connectivity index (χ2n) is 20.1. The van der Waals surface area contributed by atoms with E-state index in [1.165, 1.54) is 21.9 Å². The standard InChI is InChI=1S/C54H66N8O8/c1-9-61-44-18-17-35-26-39(44)40(49(61)41-28-55-20-19-36(41)30-69-8)27-54(4,5)31-70-53(68)42-16-13-21-62(58-42)51(66)43(24-33-22-37(35)25-38(63)23-33)56-50(65)48(32(2)3)60(7)45(64)29-59(6)52(67)47-46(57-47)34-14-11-10-12-15-34/h10-12,14-15,17-20,22-23,25-26,28,32,42-43,46-48,57-58,63H,9,13,16,21,24,27,29-31H2,1-8H3,(H,56,65)/t42-,43-,46+,47-,48?/m0/s1. The number of carbonyl (C=O) groups excluding carboxylic acids is 5. The number of fused-ring (bicyclic) bond motifs is 6. The van der Waals surface area contributed by atoms with Crippen molar-refractivity contribution in [2.45, 2.75) is 104 Å². The molecule has 3 aromatic carbocycles. The summed E-state index contributed by atoms with van der Waals surface area (Å²) >= 11 is 0. The number of hydrogen-bond acceptors (Lipinski definition) is 11. The number of cyclic esters (lactones) is 1. The fraction of sp³-hybridized carbons (Fsp3) is 0.444. The van der Waals surface area contributed by atoms with E-state index >= 15 is 0 Å². The number of methoxy groups -OCH3 is 1. The summed E-state index contributed by atoms with van der Waals surface area (Å²) in [6.07, 6.45) is 5.07. The maximum Gasteiger partial charge on any atom is 0.324 e. The van der Waals surface area contributed by atoms with Crippen LogP contribution in [0.25, 0.3) is 33.3 Å². The van der Waals surface area contributed by atoms with Gasteiger partial charge < -0.3 is 34.3 Å². The molecule has 4 amide bonds. The molecule has 16 heteroatoms. The van der Waals surface area contributed by atoms with Crippen LogP contribution in [0, 0.1) is 11.3 Å². The van der Waals surface area contributed by atoms with Crippen molar-refractivity contribution in [3.63, 3.8) is 0 Å². The van der Waals surface area contributed by atoms with Crippen molar-refractivity contribution in [1.29, 1.82) is 0 Å². The summed E-state index contributed by atoms with van der Waals surface area (Å²) in [4.78, 5) is 77.8. The van der Waals surface area contributed by atoms with E-state index in [1.807, 2.05) is 68.6 Å². The number of amides is 4. The molecule has 8 rings (SSSR count). The summed E-state index contributed by atoms with van der Waals surface area (Å²) in [5.41, 5.74) is 10.6. The molecule has 5 aromatic rings. The molecular formula is C54H66N8O8. The summed E-state index contributed by atoms with van der Waals surface area (Å²) in [7, 11) is 4.76. The number of carbonyl (C=O) groups is 5. The van der Waals surface area contributed by atoms with Gasteiger partial charge in [0.25, 0.3) is 5.91 Å². The molecule has 0 saturated carbocycles. The largest absolute Gasteiger partial charge is 0.508 e. The van der Waals surface area contributed by atoms with Crippen molar-refractivity contribution in [3.8, 4) is 28.1 Å². The Balaban J connectivity index is 1.13. The molecule has 2 fully saturated rings. The third kappa shape index (κ3) is 10.6. The van der Waals surface area contributed by atoms with Crippen LogP contribution in [0.1, 0.15) is 75.8 Å². The number of rotatable bonds is 12. The number of hydrogen-bond donors (Lipinski definition) is 4. The van der Waals surface area contributed by atoms with Gasteiger partial charge in [0.15, 0.2) is 0 Å². The summed E-state index contributed by atoms with van der Waals surface area (Å²) in [5, 5.41) is 19.9. The van der Waals surface area contributed by atoms with Crippen LogP contribution < -0.4 is 16.1 Å². The Morgan fingerprint density at radius 1 is 1.03 bits per heavy atom. The van der Waals surface area contributed by atoms with Gasteiger partial charge in [-0.2, -0.15) is 0 Å². The van der Waals surface area contributed by atoms with Crippen molar-refractivity contribution in [2.24, 2.45) is 11.3 Å². The second kappa shape index (κ2) is 20.8. The maximum absolute atomic E-state index is 14.8. The van der Waals surface area contributed by atoms with Crippen LogP contribution in [-0.4, -0.2) is 124 Å². The minimum atomic E-state index is -1.19.